The molecule has 1 saturated carbocycles. The summed E-state index contributed by atoms with van der Waals surface area (Å²) in [4.78, 5) is 22.6. The van der Waals surface area contributed by atoms with E-state index < -0.39 is 0 Å². The number of hydrogen-bond donors (Lipinski definition) is 2. The van der Waals surface area contributed by atoms with Crippen molar-refractivity contribution in [1.29, 1.82) is 0 Å². The van der Waals surface area contributed by atoms with Crippen LogP contribution in [0, 0.1) is 23.0 Å². The first-order chi connectivity index (χ1) is 14.5. The molecule has 10 heteroatoms. The molecule has 1 aliphatic heterocycles. The second-order valence-corrected chi connectivity index (χ2v) is 8.46. The van der Waals surface area contributed by atoms with E-state index in [1.165, 1.54) is 12.8 Å². The minimum atomic E-state index is -0.362. The Morgan fingerprint density at radius 1 is 1.19 bits per heavy atom. The minimum absolute atomic E-state index is 0. The summed E-state index contributed by atoms with van der Waals surface area (Å²) < 4.78 is 0. The highest BCUT2D eigenvalue weighted by Crippen LogP contribution is 2.29. The minimum Gasteiger partial charge on any atom is -0.355 e. The van der Waals surface area contributed by atoms with Crippen LogP contribution in [0.15, 0.2) is 24.3 Å². The molecule has 176 valence electrons. The molecule has 1 saturated heterocycles. The van der Waals surface area contributed by atoms with Gasteiger partial charge in [-0.05, 0) is 51.1 Å². The summed E-state index contributed by atoms with van der Waals surface area (Å²) in [5.41, 5.74) is 2.33. The molecule has 0 bridgehead atoms. The van der Waals surface area contributed by atoms with E-state index in [2.05, 4.69) is 33.5 Å². The Hall–Kier alpha value is -2.16. The average molecular weight is 483 g/mol. The van der Waals surface area contributed by atoms with Crippen LogP contribution in [0.5, 0.6) is 0 Å². The molecule has 1 aromatic carbocycles. The summed E-state index contributed by atoms with van der Waals surface area (Å²) in [6, 6.07) is 7.69. The van der Waals surface area contributed by atoms with E-state index in [0.717, 1.165) is 56.3 Å². The Bertz CT molecular complexity index is 925. The second kappa shape index (κ2) is 11.6. The predicted molar refractivity (Wildman–Crippen MR) is 133 cm³/mol. The summed E-state index contributed by atoms with van der Waals surface area (Å²) >= 11 is 0. The largest absolute Gasteiger partial charge is 0.355 e. The predicted octanol–water partition coefficient (Wildman–Crippen LogP) is 4.81. The van der Waals surface area contributed by atoms with Gasteiger partial charge in [0.05, 0.1) is 4.92 Å². The topological polar surface area (TPSA) is 96.2 Å². The molecule has 2 aliphatic rings. The molecular weight excluding hydrogens is 451 g/mol. The van der Waals surface area contributed by atoms with Gasteiger partial charge in [0.2, 0.25) is 5.95 Å². The third-order valence-electron chi connectivity index (χ3n) is 5.84. The zero-order chi connectivity index (χ0) is 21.1. The van der Waals surface area contributed by atoms with E-state index in [4.69, 9.17) is 4.98 Å². The van der Waals surface area contributed by atoms with Crippen LogP contribution in [-0.2, 0) is 6.42 Å². The summed E-state index contributed by atoms with van der Waals surface area (Å²) in [7, 11) is 0. The first-order valence-electron chi connectivity index (χ1n) is 10.9. The van der Waals surface area contributed by atoms with Crippen molar-refractivity contribution in [3.63, 3.8) is 0 Å². The van der Waals surface area contributed by atoms with E-state index in [0.29, 0.717) is 23.2 Å². The number of aryl methyl sites for hydroxylation is 2. The van der Waals surface area contributed by atoms with E-state index in [-0.39, 0.29) is 35.4 Å². The lowest BCUT2D eigenvalue weighted by atomic mass is 10.2. The standard InChI is InChI=1S/C22H30N6O2.2ClH/c1-3-4-17-12-21(27-10-9-19(14-27)23-13-16-6-7-16)26-22(24-17)25-18-8-5-15(2)20(11-18)28(29)30;;/h5,8,11-12,16,19,23H,3-4,6-7,9-10,13-14H2,1-2H3,(H,24,25,26);2*1H/t19-;;/m0../s1. The molecule has 2 N–H and O–H groups in total. The van der Waals surface area contributed by atoms with E-state index in [9.17, 15) is 10.1 Å². The SMILES string of the molecule is CCCc1cc(N2CC[C@H](NCC3CC3)C2)nc(Nc2ccc(C)c([N+](=O)[O-])c2)n1.Cl.Cl. The van der Waals surface area contributed by atoms with Crippen molar-refractivity contribution in [2.75, 3.05) is 29.9 Å². The Morgan fingerprint density at radius 2 is 1.97 bits per heavy atom. The lowest BCUT2D eigenvalue weighted by Crippen LogP contribution is -2.34. The summed E-state index contributed by atoms with van der Waals surface area (Å²) in [5, 5.41) is 18.1. The van der Waals surface area contributed by atoms with Crippen molar-refractivity contribution < 1.29 is 4.92 Å². The van der Waals surface area contributed by atoms with Gasteiger partial charge in [-0.3, -0.25) is 10.1 Å². The molecule has 2 aromatic rings. The van der Waals surface area contributed by atoms with E-state index in [1.807, 2.05) is 6.07 Å². The highest BCUT2D eigenvalue weighted by Gasteiger charge is 2.27. The molecule has 8 nitrogen and oxygen atoms in total. The molecule has 1 aromatic heterocycles. The molecule has 0 unspecified atom stereocenters. The van der Waals surface area contributed by atoms with Gasteiger partial charge in [0.25, 0.3) is 5.69 Å². The number of benzene rings is 1. The number of hydrogen-bond acceptors (Lipinski definition) is 7. The van der Waals surface area contributed by atoms with Gasteiger partial charge in [0.1, 0.15) is 5.82 Å². The van der Waals surface area contributed by atoms with Gasteiger partial charge in [-0.1, -0.05) is 19.4 Å². The van der Waals surface area contributed by atoms with Crippen LogP contribution >= 0.6 is 24.8 Å². The maximum Gasteiger partial charge on any atom is 0.274 e. The number of halogens is 2. The number of aromatic nitrogens is 2. The normalized spacial score (nSPS) is 17.4. The fraction of sp³-hybridized carbons (Fsp3) is 0.545. The van der Waals surface area contributed by atoms with Gasteiger partial charge in [0.15, 0.2) is 0 Å². The summed E-state index contributed by atoms with van der Waals surface area (Å²) in [5.74, 6) is 2.29. The van der Waals surface area contributed by atoms with Crippen LogP contribution in [0.25, 0.3) is 0 Å². The van der Waals surface area contributed by atoms with Crippen LogP contribution in [-0.4, -0.2) is 40.6 Å². The summed E-state index contributed by atoms with van der Waals surface area (Å²) in [6.07, 6.45) is 5.71. The van der Waals surface area contributed by atoms with Crippen LogP contribution in [0.1, 0.15) is 43.9 Å². The average Bonchev–Trinajstić information content (AvgIpc) is 3.43. The Labute approximate surface area is 201 Å². The first kappa shape index (κ1) is 26.1. The maximum absolute atomic E-state index is 11.3. The molecule has 0 amide bonds. The number of nitro groups is 1. The van der Waals surface area contributed by atoms with Gasteiger partial charge in [-0.15, -0.1) is 24.8 Å². The zero-order valence-electron chi connectivity index (χ0n) is 18.5. The van der Waals surface area contributed by atoms with Crippen LogP contribution < -0.4 is 15.5 Å². The van der Waals surface area contributed by atoms with Gasteiger partial charge in [0, 0.05) is 48.2 Å². The summed E-state index contributed by atoms with van der Waals surface area (Å²) in [6.45, 7) is 6.92. The number of nitro benzene ring substituents is 1. The molecule has 2 fully saturated rings. The monoisotopic (exact) mass is 482 g/mol. The van der Waals surface area contributed by atoms with Crippen molar-refractivity contribution in [3.8, 4) is 0 Å². The lowest BCUT2D eigenvalue weighted by Gasteiger charge is -2.20. The number of nitrogens with zero attached hydrogens (tertiary/aromatic N) is 4. The fourth-order valence-electron chi connectivity index (χ4n) is 3.89. The fourth-order valence-corrected chi connectivity index (χ4v) is 3.89. The van der Waals surface area contributed by atoms with Gasteiger partial charge in [-0.2, -0.15) is 4.98 Å². The van der Waals surface area contributed by atoms with Crippen molar-refractivity contribution in [2.24, 2.45) is 5.92 Å². The molecule has 0 radical (unpaired) electrons. The third kappa shape index (κ3) is 6.67. The lowest BCUT2D eigenvalue weighted by molar-refractivity contribution is -0.385. The molecule has 32 heavy (non-hydrogen) atoms. The second-order valence-electron chi connectivity index (χ2n) is 8.46. The maximum atomic E-state index is 11.3. The molecule has 1 atom stereocenters. The third-order valence-corrected chi connectivity index (χ3v) is 5.84. The van der Waals surface area contributed by atoms with Crippen LogP contribution in [0.3, 0.4) is 0 Å². The number of nitrogens with one attached hydrogen (secondary N) is 2. The highest BCUT2D eigenvalue weighted by atomic mass is 35.5. The van der Waals surface area contributed by atoms with Crippen molar-refractivity contribution >= 4 is 48.0 Å². The van der Waals surface area contributed by atoms with Gasteiger partial charge in [-0.25, -0.2) is 4.98 Å². The Morgan fingerprint density at radius 3 is 2.66 bits per heavy atom. The molecular formula is C22H32Cl2N6O2. The van der Waals surface area contributed by atoms with Crippen molar-refractivity contribution in [2.45, 2.75) is 52.0 Å². The van der Waals surface area contributed by atoms with Crippen LogP contribution in [0.2, 0.25) is 0 Å². The highest BCUT2D eigenvalue weighted by molar-refractivity contribution is 5.85. The van der Waals surface area contributed by atoms with Crippen molar-refractivity contribution in [3.05, 3.63) is 45.6 Å². The molecule has 1 aliphatic carbocycles. The molecule has 2 heterocycles. The van der Waals surface area contributed by atoms with Crippen LogP contribution in [0.4, 0.5) is 23.1 Å². The number of rotatable bonds is 9. The van der Waals surface area contributed by atoms with E-state index >= 15 is 0 Å². The van der Waals surface area contributed by atoms with Gasteiger partial charge < -0.3 is 15.5 Å². The Kier molecular flexibility index (Phi) is 9.48. The van der Waals surface area contributed by atoms with Crippen molar-refractivity contribution in [1.82, 2.24) is 15.3 Å². The Balaban J connectivity index is 0.00000181. The van der Waals surface area contributed by atoms with Gasteiger partial charge >= 0.3 is 0 Å². The first-order valence-corrected chi connectivity index (χ1v) is 10.9. The quantitative estimate of drug-likeness (QED) is 0.390. The zero-order valence-corrected chi connectivity index (χ0v) is 20.2. The van der Waals surface area contributed by atoms with E-state index in [1.54, 1.807) is 19.1 Å². The molecule has 0 spiro atoms. The smallest absolute Gasteiger partial charge is 0.274 e. The number of anilines is 3. The molecule has 4 rings (SSSR count).